The highest BCUT2D eigenvalue weighted by Crippen LogP contribution is 2.25. The molecule has 332 valence electrons. The number of benzene rings is 1. The van der Waals surface area contributed by atoms with Crippen molar-refractivity contribution in [3.63, 3.8) is 0 Å². The fourth-order valence-corrected chi connectivity index (χ4v) is 6.03. The Morgan fingerprint density at radius 3 is 1.63 bits per heavy atom. The van der Waals surface area contributed by atoms with Gasteiger partial charge in [0.1, 0.15) is 5.82 Å². The fourth-order valence-electron chi connectivity index (χ4n) is 6.03. The van der Waals surface area contributed by atoms with Crippen molar-refractivity contribution in [1.82, 2.24) is 19.1 Å². The van der Waals surface area contributed by atoms with Crippen molar-refractivity contribution in [2.45, 2.75) is 38.6 Å². The number of hydrogen-bond acceptors (Lipinski definition) is 14. The van der Waals surface area contributed by atoms with E-state index in [1.807, 2.05) is 0 Å². The van der Waals surface area contributed by atoms with Crippen molar-refractivity contribution in [2.75, 3.05) is 126 Å². The number of methoxy groups -OCH3 is 1. The Kier molecular flexibility index (Phi) is 26.1. The van der Waals surface area contributed by atoms with Gasteiger partial charge in [-0.15, -0.1) is 0 Å². The van der Waals surface area contributed by atoms with E-state index < -0.39 is 11.7 Å². The van der Waals surface area contributed by atoms with Crippen LogP contribution in [0.4, 0.5) is 0 Å². The van der Waals surface area contributed by atoms with Gasteiger partial charge in [0.15, 0.2) is 11.2 Å². The van der Waals surface area contributed by atoms with E-state index in [1.165, 1.54) is 17.1 Å². The third-order valence-corrected chi connectivity index (χ3v) is 9.04. The zero-order chi connectivity index (χ0) is 42.3. The highest BCUT2D eigenvalue weighted by Gasteiger charge is 2.20. The molecule has 18 nitrogen and oxygen atoms in total. The third kappa shape index (κ3) is 20.3. The molecule has 1 aliphatic carbocycles. The molecule has 0 bridgehead atoms. The number of aliphatic hydroxyl groups excluding tert-OH is 1. The van der Waals surface area contributed by atoms with E-state index in [2.05, 4.69) is 9.97 Å². The summed E-state index contributed by atoms with van der Waals surface area (Å²) in [5, 5.41) is 17.3. The third-order valence-electron chi connectivity index (χ3n) is 9.04. The summed E-state index contributed by atoms with van der Waals surface area (Å²) in [7, 11) is 3.40. The minimum absolute atomic E-state index is 0.0322. The quantitative estimate of drug-likeness (QED) is 0.0628. The van der Waals surface area contributed by atoms with Crippen LogP contribution in [0.2, 0.25) is 0 Å². The van der Waals surface area contributed by atoms with E-state index in [0.29, 0.717) is 136 Å². The van der Waals surface area contributed by atoms with Crippen LogP contribution < -0.4 is 11.2 Å². The molecule has 0 saturated heterocycles. The zero-order valence-corrected chi connectivity index (χ0v) is 34.6. The maximum absolute atomic E-state index is 13.1. The van der Waals surface area contributed by atoms with Crippen LogP contribution in [0.25, 0.3) is 28.6 Å². The Bertz CT molecular complexity index is 1680. The van der Waals surface area contributed by atoms with Crippen LogP contribution in [0.1, 0.15) is 37.7 Å². The summed E-state index contributed by atoms with van der Waals surface area (Å²) >= 11 is 0. The predicted molar refractivity (Wildman–Crippen MR) is 220 cm³/mol. The van der Waals surface area contributed by atoms with Crippen molar-refractivity contribution in [1.29, 1.82) is 0 Å². The van der Waals surface area contributed by atoms with Gasteiger partial charge in [0.05, 0.1) is 119 Å². The number of H-pyrrole nitrogens is 1. The van der Waals surface area contributed by atoms with Gasteiger partial charge in [-0.25, -0.2) is 14.6 Å². The minimum atomic E-state index is -1.01. The summed E-state index contributed by atoms with van der Waals surface area (Å²) in [6.45, 7) is 9.34. The molecule has 0 amide bonds. The second kappa shape index (κ2) is 31.1. The van der Waals surface area contributed by atoms with Gasteiger partial charge in [0.2, 0.25) is 0 Å². The van der Waals surface area contributed by atoms with Crippen LogP contribution >= 0.6 is 0 Å². The van der Waals surface area contributed by atoms with Gasteiger partial charge < -0.3 is 57.4 Å². The highest BCUT2D eigenvalue weighted by molar-refractivity contribution is 5.85. The SMILES string of the molecule is COCCOCCOCCOCCOCCOCCOCCOCCOCCO.Cn1c(-c2ccc(/C=C/C(=O)O)cc2)nc2[nH]c(=O)n(CC3CCCCC3)c(=O)c21. The normalized spacial score (nSPS) is 13.3. The van der Waals surface area contributed by atoms with Gasteiger partial charge in [0, 0.05) is 32.3 Å². The number of imidazole rings is 1. The summed E-state index contributed by atoms with van der Waals surface area (Å²) in [4.78, 5) is 43.6. The van der Waals surface area contributed by atoms with Gasteiger partial charge in [0.25, 0.3) is 5.56 Å². The Labute approximate surface area is 345 Å². The topological polar surface area (TPSA) is 213 Å². The number of aryl methyl sites for hydroxylation is 1. The van der Waals surface area contributed by atoms with E-state index in [4.69, 9.17) is 52.8 Å². The first-order chi connectivity index (χ1) is 28.8. The largest absolute Gasteiger partial charge is 0.478 e. The first-order valence-corrected chi connectivity index (χ1v) is 20.3. The molecule has 0 spiro atoms. The smallest absolute Gasteiger partial charge is 0.330 e. The molecule has 18 heteroatoms. The Balaban J connectivity index is 0.000000316. The minimum Gasteiger partial charge on any atom is -0.478 e. The number of aliphatic carboxylic acids is 1. The molecule has 1 aliphatic rings. The second-order valence-corrected chi connectivity index (χ2v) is 13.5. The molecular weight excluding hydrogens is 772 g/mol. The Hall–Kier alpha value is -3.82. The number of aromatic nitrogens is 4. The lowest BCUT2D eigenvalue weighted by Crippen LogP contribution is -2.38. The van der Waals surface area contributed by atoms with Gasteiger partial charge >= 0.3 is 11.7 Å². The Morgan fingerprint density at radius 1 is 0.729 bits per heavy atom. The zero-order valence-electron chi connectivity index (χ0n) is 34.6. The van der Waals surface area contributed by atoms with E-state index in [9.17, 15) is 14.4 Å². The maximum atomic E-state index is 13.1. The summed E-state index contributed by atoms with van der Waals surface area (Å²) in [6.07, 6.45) is 8.18. The monoisotopic (exact) mass is 836 g/mol. The molecule has 1 aromatic carbocycles. The molecular formula is C41H64N4O14. The molecule has 2 aromatic heterocycles. The number of rotatable bonds is 31. The number of carbonyl (C=O) groups is 1. The summed E-state index contributed by atoms with van der Waals surface area (Å²) < 4.78 is 50.4. The molecule has 1 fully saturated rings. The summed E-state index contributed by atoms with van der Waals surface area (Å²) in [6, 6.07) is 7.17. The van der Waals surface area contributed by atoms with E-state index in [0.717, 1.165) is 42.9 Å². The number of fused-ring (bicyclic) bond motifs is 1. The van der Waals surface area contributed by atoms with E-state index >= 15 is 0 Å². The van der Waals surface area contributed by atoms with Crippen LogP contribution in [-0.2, 0) is 61.0 Å². The van der Waals surface area contributed by atoms with Crippen molar-refractivity contribution < 1.29 is 57.6 Å². The van der Waals surface area contributed by atoms with Crippen molar-refractivity contribution in [2.24, 2.45) is 13.0 Å². The van der Waals surface area contributed by atoms with Gasteiger partial charge in [-0.1, -0.05) is 43.5 Å². The summed E-state index contributed by atoms with van der Waals surface area (Å²) in [5.41, 5.74) is 1.41. The molecule has 59 heavy (non-hydrogen) atoms. The number of aliphatic hydroxyl groups is 1. The number of nitrogens with one attached hydrogen (secondary N) is 1. The van der Waals surface area contributed by atoms with Gasteiger partial charge in [-0.3, -0.25) is 14.3 Å². The van der Waals surface area contributed by atoms with E-state index in [1.54, 1.807) is 43.0 Å². The maximum Gasteiger partial charge on any atom is 0.330 e. The molecule has 0 radical (unpaired) electrons. The molecule has 3 aromatic rings. The standard InChI is InChI=1S/C22H24N4O4.C19H40O10/c1-25-18-19(23-20(25)16-10-7-14(8-11-16)9-12-17(27)28)24-22(30)26(21(18)29)13-15-5-3-2-4-6-15;1-21-4-5-23-8-9-25-12-13-27-16-17-29-19-18-28-15-14-26-11-10-24-7-6-22-3-2-20/h7-12,15H,2-6,13H2,1H3,(H,24,30)(H,27,28);20H,2-19H2,1H3/b12-9+;. The molecule has 4 rings (SSSR count). The molecule has 3 N–H and O–H groups in total. The van der Waals surface area contributed by atoms with Crippen LogP contribution in [-0.4, -0.2) is 161 Å². The van der Waals surface area contributed by atoms with Crippen molar-refractivity contribution >= 4 is 23.2 Å². The fraction of sp³-hybridized carbons (Fsp3) is 0.659. The molecule has 0 unspecified atom stereocenters. The second-order valence-electron chi connectivity index (χ2n) is 13.5. The molecule has 2 heterocycles. The summed E-state index contributed by atoms with van der Waals surface area (Å²) in [5.74, 6) is -0.0982. The van der Waals surface area contributed by atoms with Crippen molar-refractivity contribution in [3.05, 3.63) is 56.7 Å². The van der Waals surface area contributed by atoms with Crippen LogP contribution in [0.15, 0.2) is 39.9 Å². The number of nitrogens with zero attached hydrogens (tertiary/aromatic N) is 3. The average Bonchev–Trinajstić information content (AvgIpc) is 3.57. The molecule has 0 aliphatic heterocycles. The number of ether oxygens (including phenoxy) is 9. The number of hydrogen-bond donors (Lipinski definition) is 3. The lowest BCUT2D eigenvalue weighted by atomic mass is 9.89. The lowest BCUT2D eigenvalue weighted by Gasteiger charge is -2.21. The van der Waals surface area contributed by atoms with Gasteiger partial charge in [-0.2, -0.15) is 0 Å². The average molecular weight is 837 g/mol. The van der Waals surface area contributed by atoms with Crippen LogP contribution in [0.5, 0.6) is 0 Å². The van der Waals surface area contributed by atoms with Crippen LogP contribution in [0.3, 0.4) is 0 Å². The predicted octanol–water partition coefficient (Wildman–Crippen LogP) is 2.53. The van der Waals surface area contributed by atoms with E-state index in [-0.39, 0.29) is 17.8 Å². The Morgan fingerprint density at radius 2 is 1.19 bits per heavy atom. The number of carboxylic acids is 1. The van der Waals surface area contributed by atoms with Gasteiger partial charge in [-0.05, 0) is 30.4 Å². The first-order valence-electron chi connectivity index (χ1n) is 20.3. The lowest BCUT2D eigenvalue weighted by molar-refractivity contribution is -0.131. The van der Waals surface area contributed by atoms with Crippen LogP contribution in [0, 0.1) is 5.92 Å². The first kappa shape index (κ1) is 49.5. The molecule has 1 saturated carbocycles. The number of aromatic amines is 1. The number of carboxylic acid groups (broad SMARTS) is 1. The van der Waals surface area contributed by atoms with Crippen molar-refractivity contribution in [3.8, 4) is 11.4 Å². The highest BCUT2D eigenvalue weighted by atomic mass is 16.6. The molecule has 0 atom stereocenters.